The molecule has 2 N–H and O–H groups in total. The summed E-state index contributed by atoms with van der Waals surface area (Å²) in [7, 11) is 0. The number of anilines is 2. The lowest BCUT2D eigenvalue weighted by atomic mass is 10.1. The van der Waals surface area contributed by atoms with Crippen LogP contribution in [0.4, 0.5) is 16.2 Å². The number of amides is 3. The number of urea groups is 1. The molecule has 1 aromatic rings. The number of ether oxygens (including phenoxy) is 2. The van der Waals surface area contributed by atoms with Crippen LogP contribution < -0.4 is 15.4 Å². The largest absolute Gasteiger partial charge is 0.482 e. The Bertz CT molecular complexity index is 795. The quantitative estimate of drug-likeness (QED) is 0.782. The van der Waals surface area contributed by atoms with E-state index < -0.39 is 0 Å². The van der Waals surface area contributed by atoms with Crippen LogP contribution in [-0.4, -0.2) is 72.8 Å². The van der Waals surface area contributed by atoms with Gasteiger partial charge >= 0.3 is 6.03 Å². The molecule has 3 heterocycles. The van der Waals surface area contributed by atoms with E-state index >= 15 is 0 Å². The molecule has 3 aliphatic heterocycles. The van der Waals surface area contributed by atoms with E-state index in [1.54, 1.807) is 12.1 Å². The number of nitrogens with zero attached hydrogens (tertiary/aromatic N) is 2. The maximum atomic E-state index is 13.0. The summed E-state index contributed by atoms with van der Waals surface area (Å²) in [6.45, 7) is 7.47. The summed E-state index contributed by atoms with van der Waals surface area (Å²) in [5, 5.41) is 5.98. The zero-order chi connectivity index (χ0) is 20.5. The van der Waals surface area contributed by atoms with E-state index in [9.17, 15) is 9.59 Å². The molecule has 2 saturated heterocycles. The number of likely N-dealkylation sites (tertiary alicyclic amines) is 1. The first kappa shape index (κ1) is 20.3. The lowest BCUT2D eigenvalue weighted by molar-refractivity contribution is -0.118. The van der Waals surface area contributed by atoms with E-state index in [-0.39, 0.29) is 36.8 Å². The number of morpholine rings is 1. The zero-order valence-electron chi connectivity index (χ0n) is 16.7. The number of carbonyl (C=O) groups is 2. The van der Waals surface area contributed by atoms with Crippen LogP contribution in [0.25, 0.3) is 0 Å². The minimum atomic E-state index is -0.225. The Morgan fingerprint density at radius 2 is 2.07 bits per heavy atom. The summed E-state index contributed by atoms with van der Waals surface area (Å²) in [6.07, 6.45) is 2.38. The predicted molar refractivity (Wildman–Crippen MR) is 111 cm³/mol. The summed E-state index contributed by atoms with van der Waals surface area (Å²) >= 11 is 6.32. The van der Waals surface area contributed by atoms with Crippen LogP contribution in [0, 0.1) is 0 Å². The van der Waals surface area contributed by atoms with Crippen molar-refractivity contribution in [2.24, 2.45) is 0 Å². The topological polar surface area (TPSA) is 83.1 Å². The molecule has 9 heteroatoms. The fourth-order valence-corrected chi connectivity index (χ4v) is 4.62. The third-order valence-electron chi connectivity index (χ3n) is 5.55. The zero-order valence-corrected chi connectivity index (χ0v) is 17.5. The summed E-state index contributed by atoms with van der Waals surface area (Å²) < 4.78 is 11.2. The monoisotopic (exact) mass is 422 g/mol. The molecule has 3 amide bonds. The molecule has 0 aromatic heterocycles. The van der Waals surface area contributed by atoms with Gasteiger partial charge in [-0.15, -0.1) is 0 Å². The molecule has 0 unspecified atom stereocenters. The average molecular weight is 423 g/mol. The van der Waals surface area contributed by atoms with Gasteiger partial charge in [0.25, 0.3) is 5.91 Å². The standard InChI is InChI=1S/C20H27ClN4O4/c1-12-8-24(9-13(2)29-12)10-14-4-3-5-25(14)20(27)23-16-7-18-17(6-15(16)21)22-19(26)11-28-18/h6-7,12-14H,3-5,8-11H2,1-2H3,(H,22,26)(H,23,27)/t12-,13-,14-/m1/s1. The van der Waals surface area contributed by atoms with Crippen LogP contribution in [0.3, 0.4) is 0 Å². The van der Waals surface area contributed by atoms with E-state index in [2.05, 4.69) is 29.4 Å². The van der Waals surface area contributed by atoms with Crippen molar-refractivity contribution < 1.29 is 19.1 Å². The fourth-order valence-electron chi connectivity index (χ4n) is 4.41. The van der Waals surface area contributed by atoms with E-state index in [0.717, 1.165) is 39.0 Å². The first-order chi connectivity index (χ1) is 13.9. The third kappa shape index (κ3) is 4.60. The molecule has 4 rings (SSSR count). The number of hydrogen-bond donors (Lipinski definition) is 2. The number of nitrogens with one attached hydrogen (secondary N) is 2. The Morgan fingerprint density at radius 3 is 2.83 bits per heavy atom. The van der Waals surface area contributed by atoms with Gasteiger partial charge in [-0.3, -0.25) is 9.69 Å². The summed E-state index contributed by atoms with van der Waals surface area (Å²) in [4.78, 5) is 28.7. The Hall–Kier alpha value is -2.03. The average Bonchev–Trinajstić information content (AvgIpc) is 3.10. The van der Waals surface area contributed by atoms with Gasteiger partial charge in [0.05, 0.1) is 28.6 Å². The summed E-state index contributed by atoms with van der Waals surface area (Å²) in [5.74, 6) is 0.274. The fraction of sp³-hybridized carbons (Fsp3) is 0.600. The molecule has 158 valence electrons. The van der Waals surface area contributed by atoms with E-state index in [1.807, 2.05) is 4.90 Å². The summed E-state index contributed by atoms with van der Waals surface area (Å²) in [5.41, 5.74) is 0.990. The molecule has 0 aliphatic carbocycles. The van der Waals surface area contributed by atoms with Gasteiger partial charge in [-0.25, -0.2) is 4.79 Å². The maximum Gasteiger partial charge on any atom is 0.322 e. The number of carbonyl (C=O) groups excluding carboxylic acids is 2. The highest BCUT2D eigenvalue weighted by atomic mass is 35.5. The highest BCUT2D eigenvalue weighted by Crippen LogP contribution is 2.36. The Labute approximate surface area is 175 Å². The highest BCUT2D eigenvalue weighted by molar-refractivity contribution is 6.34. The van der Waals surface area contributed by atoms with Crippen molar-refractivity contribution in [1.29, 1.82) is 0 Å². The van der Waals surface area contributed by atoms with E-state index in [4.69, 9.17) is 21.1 Å². The molecule has 8 nitrogen and oxygen atoms in total. The van der Waals surface area contributed by atoms with Gasteiger partial charge in [0.2, 0.25) is 0 Å². The predicted octanol–water partition coefficient (Wildman–Crippen LogP) is 2.78. The highest BCUT2D eigenvalue weighted by Gasteiger charge is 2.33. The molecule has 2 fully saturated rings. The van der Waals surface area contributed by atoms with Crippen molar-refractivity contribution in [3.05, 3.63) is 17.2 Å². The summed E-state index contributed by atoms with van der Waals surface area (Å²) in [6, 6.07) is 3.26. The van der Waals surface area contributed by atoms with E-state index in [1.165, 1.54) is 0 Å². The van der Waals surface area contributed by atoms with Crippen molar-refractivity contribution >= 4 is 34.9 Å². The van der Waals surface area contributed by atoms with Gasteiger partial charge in [0, 0.05) is 38.3 Å². The number of fused-ring (bicyclic) bond motifs is 1. The number of hydrogen-bond acceptors (Lipinski definition) is 5. The van der Waals surface area contributed by atoms with Gasteiger partial charge in [0.1, 0.15) is 5.75 Å². The lowest BCUT2D eigenvalue weighted by Crippen LogP contribution is -2.51. The second-order valence-corrected chi connectivity index (χ2v) is 8.47. The molecular weight excluding hydrogens is 396 g/mol. The first-order valence-electron chi connectivity index (χ1n) is 10.1. The molecule has 0 bridgehead atoms. The van der Waals surface area contributed by atoms with Crippen molar-refractivity contribution in [3.8, 4) is 5.75 Å². The second kappa shape index (κ2) is 8.38. The molecular formula is C20H27ClN4O4. The minimum Gasteiger partial charge on any atom is -0.482 e. The van der Waals surface area contributed by atoms with Crippen molar-refractivity contribution in [1.82, 2.24) is 9.80 Å². The van der Waals surface area contributed by atoms with Crippen LogP contribution in [-0.2, 0) is 9.53 Å². The smallest absolute Gasteiger partial charge is 0.322 e. The maximum absolute atomic E-state index is 13.0. The number of benzene rings is 1. The Balaban J connectivity index is 1.42. The molecule has 29 heavy (non-hydrogen) atoms. The van der Waals surface area contributed by atoms with Gasteiger partial charge in [-0.05, 0) is 32.8 Å². The SMILES string of the molecule is C[C@@H]1CN(C[C@H]2CCCN2C(=O)Nc2cc3c(cc2Cl)NC(=O)CO3)C[C@@H](C)O1. The van der Waals surface area contributed by atoms with E-state index in [0.29, 0.717) is 22.1 Å². The molecule has 0 radical (unpaired) electrons. The van der Waals surface area contributed by atoms with Crippen LogP contribution in [0.1, 0.15) is 26.7 Å². The molecule has 3 aliphatic rings. The van der Waals surface area contributed by atoms with Gasteiger partial charge < -0.3 is 25.0 Å². The van der Waals surface area contributed by atoms with Gasteiger partial charge in [-0.1, -0.05) is 11.6 Å². The normalized spacial score (nSPS) is 27.2. The first-order valence-corrected chi connectivity index (χ1v) is 10.5. The second-order valence-electron chi connectivity index (χ2n) is 8.06. The van der Waals surface area contributed by atoms with Crippen LogP contribution in [0.5, 0.6) is 5.75 Å². The van der Waals surface area contributed by atoms with Crippen LogP contribution in [0.2, 0.25) is 5.02 Å². The van der Waals surface area contributed by atoms with Crippen LogP contribution >= 0.6 is 11.6 Å². The Kier molecular flexibility index (Phi) is 5.85. The number of halogens is 1. The molecule has 0 spiro atoms. The Morgan fingerprint density at radius 1 is 1.31 bits per heavy atom. The molecule has 1 aromatic carbocycles. The molecule has 3 atom stereocenters. The third-order valence-corrected chi connectivity index (χ3v) is 5.86. The van der Waals surface area contributed by atoms with Crippen molar-refractivity contribution in [2.75, 3.05) is 43.4 Å². The van der Waals surface area contributed by atoms with Crippen molar-refractivity contribution in [3.63, 3.8) is 0 Å². The lowest BCUT2D eigenvalue weighted by Gasteiger charge is -2.38. The minimum absolute atomic E-state index is 0.0490. The van der Waals surface area contributed by atoms with Gasteiger partial charge in [-0.2, -0.15) is 0 Å². The van der Waals surface area contributed by atoms with Crippen LogP contribution in [0.15, 0.2) is 12.1 Å². The molecule has 0 saturated carbocycles. The van der Waals surface area contributed by atoms with Crippen molar-refractivity contribution in [2.45, 2.75) is 44.9 Å². The van der Waals surface area contributed by atoms with Gasteiger partial charge in [0.15, 0.2) is 6.61 Å². The number of rotatable bonds is 3.